The lowest BCUT2D eigenvalue weighted by molar-refractivity contribution is -0.129. The largest absolute Gasteiger partial charge is 0.357 e. The van der Waals surface area contributed by atoms with Crippen LogP contribution in [0.25, 0.3) is 0 Å². The van der Waals surface area contributed by atoms with Gasteiger partial charge in [0.05, 0.1) is 11.4 Å². The number of rotatable bonds is 7. The first kappa shape index (κ1) is 22.2. The van der Waals surface area contributed by atoms with Crippen LogP contribution in [-0.4, -0.2) is 69.3 Å². The zero-order chi connectivity index (χ0) is 20.7. The predicted octanol–water partition coefficient (Wildman–Crippen LogP) is 1.00. The smallest absolute Gasteiger partial charge is 0.242 e. The molecule has 1 fully saturated rings. The predicted molar refractivity (Wildman–Crippen MR) is 111 cm³/mol. The van der Waals surface area contributed by atoms with Crippen LogP contribution in [-0.2, 0) is 21.4 Å². The number of nitrogens with zero attached hydrogens (tertiary/aromatic N) is 3. The SMILES string of the molecule is CCNC(=NCc1ccccc1S(=O)(=O)N(C)C)NC1CCN(C(=O)CC)C1. The highest BCUT2D eigenvalue weighted by atomic mass is 32.2. The zero-order valence-electron chi connectivity index (χ0n) is 17.1. The van der Waals surface area contributed by atoms with Crippen molar-refractivity contribution in [2.24, 2.45) is 4.99 Å². The number of carbonyl (C=O) groups excluding carboxylic acids is 1. The van der Waals surface area contributed by atoms with Crippen LogP contribution in [0.15, 0.2) is 34.2 Å². The number of benzene rings is 1. The van der Waals surface area contributed by atoms with Gasteiger partial charge in [-0.15, -0.1) is 0 Å². The number of likely N-dealkylation sites (tertiary alicyclic amines) is 1. The standard InChI is InChI=1S/C19H31N5O3S/c1-5-18(25)24-12-11-16(14-24)22-19(20-6-2)21-13-15-9-7-8-10-17(15)28(26,27)23(3)4/h7-10,16H,5-6,11-14H2,1-4H3,(H2,20,21,22). The Morgan fingerprint density at radius 3 is 2.64 bits per heavy atom. The van der Waals surface area contributed by atoms with Gasteiger partial charge in [0.1, 0.15) is 0 Å². The molecular weight excluding hydrogens is 378 g/mol. The van der Waals surface area contributed by atoms with Crippen molar-refractivity contribution in [1.29, 1.82) is 0 Å². The number of sulfonamides is 1. The van der Waals surface area contributed by atoms with Gasteiger partial charge in [-0.1, -0.05) is 25.1 Å². The van der Waals surface area contributed by atoms with E-state index in [2.05, 4.69) is 15.6 Å². The number of nitrogens with one attached hydrogen (secondary N) is 2. The highest BCUT2D eigenvalue weighted by Gasteiger charge is 2.26. The fourth-order valence-electron chi connectivity index (χ4n) is 3.09. The zero-order valence-corrected chi connectivity index (χ0v) is 17.9. The maximum absolute atomic E-state index is 12.5. The van der Waals surface area contributed by atoms with Crippen LogP contribution >= 0.6 is 0 Å². The summed E-state index contributed by atoms with van der Waals surface area (Å²) in [5, 5.41) is 6.56. The molecule has 1 aliphatic rings. The molecule has 1 unspecified atom stereocenters. The Balaban J connectivity index is 2.13. The molecule has 2 N–H and O–H groups in total. The molecule has 0 radical (unpaired) electrons. The lowest BCUT2D eigenvalue weighted by atomic mass is 10.2. The van der Waals surface area contributed by atoms with Crippen LogP contribution < -0.4 is 10.6 Å². The van der Waals surface area contributed by atoms with Gasteiger partial charge in [-0.05, 0) is 25.0 Å². The van der Waals surface area contributed by atoms with Crippen LogP contribution in [0.2, 0.25) is 0 Å². The van der Waals surface area contributed by atoms with E-state index in [0.717, 1.165) is 13.0 Å². The maximum Gasteiger partial charge on any atom is 0.242 e. The molecule has 0 bridgehead atoms. The fourth-order valence-corrected chi connectivity index (χ4v) is 4.20. The summed E-state index contributed by atoms with van der Waals surface area (Å²) in [6, 6.07) is 7.04. The second kappa shape index (κ2) is 9.88. The molecule has 0 aliphatic carbocycles. The summed E-state index contributed by atoms with van der Waals surface area (Å²) in [6.07, 6.45) is 1.37. The van der Waals surface area contributed by atoms with E-state index in [9.17, 15) is 13.2 Å². The average molecular weight is 410 g/mol. The Kier molecular flexibility index (Phi) is 7.82. The first-order valence-corrected chi connectivity index (χ1v) is 11.1. The van der Waals surface area contributed by atoms with E-state index < -0.39 is 10.0 Å². The molecule has 8 nitrogen and oxygen atoms in total. The van der Waals surface area contributed by atoms with Gasteiger partial charge in [0.25, 0.3) is 0 Å². The number of hydrogen-bond acceptors (Lipinski definition) is 4. The number of aliphatic imine (C=N–C) groups is 1. The summed E-state index contributed by atoms with van der Waals surface area (Å²) in [5.74, 6) is 0.782. The molecular formula is C19H31N5O3S. The molecule has 0 spiro atoms. The minimum Gasteiger partial charge on any atom is -0.357 e. The van der Waals surface area contributed by atoms with Gasteiger partial charge in [-0.3, -0.25) is 4.79 Å². The molecule has 1 aromatic carbocycles. The summed E-state index contributed by atoms with van der Waals surface area (Å²) in [7, 11) is -0.494. The summed E-state index contributed by atoms with van der Waals surface area (Å²) in [5.41, 5.74) is 0.641. The molecule has 1 amide bonds. The summed E-state index contributed by atoms with van der Waals surface area (Å²) in [4.78, 5) is 18.6. The third-order valence-electron chi connectivity index (χ3n) is 4.67. The molecule has 156 valence electrons. The molecule has 1 atom stereocenters. The third kappa shape index (κ3) is 5.45. The van der Waals surface area contributed by atoms with Crippen molar-refractivity contribution in [1.82, 2.24) is 19.8 Å². The molecule has 28 heavy (non-hydrogen) atoms. The van der Waals surface area contributed by atoms with Gasteiger partial charge in [0.2, 0.25) is 15.9 Å². The Labute approximate surface area is 168 Å². The van der Waals surface area contributed by atoms with Crippen LogP contribution in [0.1, 0.15) is 32.3 Å². The second-order valence-electron chi connectivity index (χ2n) is 6.91. The molecule has 0 aromatic heterocycles. The van der Waals surface area contributed by atoms with Gasteiger partial charge in [-0.25, -0.2) is 17.7 Å². The van der Waals surface area contributed by atoms with Crippen molar-refractivity contribution in [3.05, 3.63) is 29.8 Å². The van der Waals surface area contributed by atoms with Gasteiger partial charge >= 0.3 is 0 Å². The Hall–Kier alpha value is -2.13. The van der Waals surface area contributed by atoms with Crippen molar-refractivity contribution in [2.75, 3.05) is 33.7 Å². The monoisotopic (exact) mass is 409 g/mol. The second-order valence-corrected chi connectivity index (χ2v) is 9.03. The summed E-state index contributed by atoms with van der Waals surface area (Å²) >= 11 is 0. The minimum absolute atomic E-state index is 0.133. The molecule has 1 heterocycles. The van der Waals surface area contributed by atoms with Gasteiger partial charge in [0, 0.05) is 46.2 Å². The lowest BCUT2D eigenvalue weighted by Gasteiger charge is -2.19. The maximum atomic E-state index is 12.5. The number of amides is 1. The van der Waals surface area contributed by atoms with E-state index in [4.69, 9.17) is 0 Å². The Morgan fingerprint density at radius 2 is 2.00 bits per heavy atom. The molecule has 2 rings (SSSR count). The normalized spacial score (nSPS) is 17.8. The van der Waals surface area contributed by atoms with E-state index in [0.29, 0.717) is 31.0 Å². The topological polar surface area (TPSA) is 94.1 Å². The molecule has 1 saturated heterocycles. The van der Waals surface area contributed by atoms with Crippen LogP contribution in [0.3, 0.4) is 0 Å². The van der Waals surface area contributed by atoms with E-state index in [1.165, 1.54) is 18.4 Å². The molecule has 9 heteroatoms. The van der Waals surface area contributed by atoms with Crippen molar-refractivity contribution in [3.63, 3.8) is 0 Å². The van der Waals surface area contributed by atoms with Crippen molar-refractivity contribution >= 4 is 21.9 Å². The molecule has 1 aliphatic heterocycles. The van der Waals surface area contributed by atoms with E-state index >= 15 is 0 Å². The van der Waals surface area contributed by atoms with E-state index in [-0.39, 0.29) is 23.4 Å². The Bertz CT molecular complexity index is 808. The number of hydrogen-bond donors (Lipinski definition) is 2. The highest BCUT2D eigenvalue weighted by molar-refractivity contribution is 7.89. The summed E-state index contributed by atoms with van der Waals surface area (Å²) < 4.78 is 26.3. The lowest BCUT2D eigenvalue weighted by Crippen LogP contribution is -2.45. The number of carbonyl (C=O) groups is 1. The van der Waals surface area contributed by atoms with E-state index in [1.54, 1.807) is 18.2 Å². The minimum atomic E-state index is -3.53. The van der Waals surface area contributed by atoms with Gasteiger partial charge in [-0.2, -0.15) is 0 Å². The first-order valence-electron chi connectivity index (χ1n) is 9.62. The van der Waals surface area contributed by atoms with Crippen LogP contribution in [0.5, 0.6) is 0 Å². The van der Waals surface area contributed by atoms with Gasteiger partial charge < -0.3 is 15.5 Å². The van der Waals surface area contributed by atoms with Crippen molar-refractivity contribution < 1.29 is 13.2 Å². The highest BCUT2D eigenvalue weighted by Crippen LogP contribution is 2.19. The average Bonchev–Trinajstić information content (AvgIpc) is 3.14. The quantitative estimate of drug-likeness (QED) is 0.518. The molecule has 1 aromatic rings. The van der Waals surface area contributed by atoms with Crippen molar-refractivity contribution in [3.8, 4) is 0 Å². The Morgan fingerprint density at radius 1 is 1.29 bits per heavy atom. The molecule has 0 saturated carbocycles. The van der Waals surface area contributed by atoms with Crippen molar-refractivity contribution in [2.45, 2.75) is 44.2 Å². The van der Waals surface area contributed by atoms with Gasteiger partial charge in [0.15, 0.2) is 5.96 Å². The summed E-state index contributed by atoms with van der Waals surface area (Å²) in [6.45, 7) is 6.17. The fraction of sp³-hybridized carbons (Fsp3) is 0.579. The van der Waals surface area contributed by atoms with Crippen LogP contribution in [0, 0.1) is 0 Å². The first-order chi connectivity index (χ1) is 13.3. The number of guanidine groups is 1. The van der Waals surface area contributed by atoms with Crippen LogP contribution in [0.4, 0.5) is 0 Å². The third-order valence-corrected chi connectivity index (χ3v) is 6.58. The van der Waals surface area contributed by atoms with E-state index in [1.807, 2.05) is 24.8 Å².